The number of aryl methyl sites for hydroxylation is 2. The minimum Gasteiger partial charge on any atom is -0.313 e. The molecule has 0 fully saturated rings. The molecule has 0 aliphatic heterocycles. The molecule has 2 heterocycles. The van der Waals surface area contributed by atoms with Crippen LogP contribution in [0.2, 0.25) is 0 Å². The van der Waals surface area contributed by atoms with E-state index in [9.17, 15) is 0 Å². The van der Waals surface area contributed by atoms with Gasteiger partial charge in [-0.3, -0.25) is 4.68 Å². The number of nitrogens with one attached hydrogen (secondary N) is 1. The molecule has 2 aromatic rings. The summed E-state index contributed by atoms with van der Waals surface area (Å²) in [4.78, 5) is 8.19. The fourth-order valence-electron chi connectivity index (χ4n) is 2.28. The smallest absolute Gasteiger partial charge is 0.115 e. The van der Waals surface area contributed by atoms with Crippen molar-refractivity contribution < 1.29 is 0 Å². The van der Waals surface area contributed by atoms with Gasteiger partial charge in [0.05, 0.1) is 15.9 Å². The quantitative estimate of drug-likeness (QED) is 0.879. The van der Waals surface area contributed by atoms with Gasteiger partial charge in [0.1, 0.15) is 6.33 Å². The molecule has 2 aromatic heterocycles. The van der Waals surface area contributed by atoms with E-state index >= 15 is 0 Å². The normalized spacial score (nSPS) is 12.6. The predicted molar refractivity (Wildman–Crippen MR) is 82.5 cm³/mol. The lowest BCUT2D eigenvalue weighted by Crippen LogP contribution is -2.21. The van der Waals surface area contributed by atoms with Crippen molar-refractivity contribution in [2.24, 2.45) is 0 Å². The molecule has 0 bridgehead atoms. The number of aromatic nitrogens is 4. The Bertz CT molecular complexity index is 552. The van der Waals surface area contributed by atoms with E-state index in [0.29, 0.717) is 0 Å². The van der Waals surface area contributed by atoms with Gasteiger partial charge >= 0.3 is 0 Å². The maximum Gasteiger partial charge on any atom is 0.115 e. The zero-order chi connectivity index (χ0) is 14.5. The standard InChI is InChI=1S/C14H20BrN5/c1-4-11-14(15)13(20(5-2)19-11)6-12(16-3)10-7-17-9-18-8-10/h7-9,12,16H,4-6H2,1-3H3. The maximum atomic E-state index is 4.64. The Labute approximate surface area is 128 Å². The van der Waals surface area contributed by atoms with Gasteiger partial charge in [0.25, 0.3) is 0 Å². The van der Waals surface area contributed by atoms with Gasteiger partial charge in [-0.2, -0.15) is 5.10 Å². The van der Waals surface area contributed by atoms with Crippen molar-refractivity contribution in [3.05, 3.63) is 40.1 Å². The van der Waals surface area contributed by atoms with E-state index in [1.54, 1.807) is 6.33 Å². The van der Waals surface area contributed by atoms with Gasteiger partial charge in [0.15, 0.2) is 0 Å². The van der Waals surface area contributed by atoms with Crippen molar-refractivity contribution >= 4 is 15.9 Å². The van der Waals surface area contributed by atoms with Crippen LogP contribution in [0.15, 0.2) is 23.2 Å². The Kier molecular flexibility index (Phi) is 5.25. The first kappa shape index (κ1) is 15.1. The van der Waals surface area contributed by atoms with E-state index in [0.717, 1.165) is 35.1 Å². The summed E-state index contributed by atoms with van der Waals surface area (Å²) in [6.07, 6.45) is 7.05. The Morgan fingerprint density at radius 2 is 2.00 bits per heavy atom. The zero-order valence-electron chi connectivity index (χ0n) is 12.1. The number of hydrogen-bond acceptors (Lipinski definition) is 4. The van der Waals surface area contributed by atoms with E-state index < -0.39 is 0 Å². The van der Waals surface area contributed by atoms with Crippen LogP contribution in [0.4, 0.5) is 0 Å². The molecule has 108 valence electrons. The first-order chi connectivity index (χ1) is 9.71. The van der Waals surface area contributed by atoms with Gasteiger partial charge in [-0.1, -0.05) is 6.92 Å². The van der Waals surface area contributed by atoms with Crippen LogP contribution in [0, 0.1) is 0 Å². The van der Waals surface area contributed by atoms with Crippen LogP contribution in [0.3, 0.4) is 0 Å². The SMILES string of the molecule is CCc1nn(CC)c(CC(NC)c2cncnc2)c1Br. The highest BCUT2D eigenvalue weighted by Crippen LogP contribution is 2.26. The molecule has 0 amide bonds. The second-order valence-electron chi connectivity index (χ2n) is 4.59. The van der Waals surface area contributed by atoms with Crippen molar-refractivity contribution in [2.75, 3.05) is 7.05 Å². The molecule has 0 radical (unpaired) electrons. The third kappa shape index (κ3) is 3.07. The highest BCUT2D eigenvalue weighted by atomic mass is 79.9. The summed E-state index contributed by atoms with van der Waals surface area (Å²) in [7, 11) is 1.96. The Morgan fingerprint density at radius 1 is 1.30 bits per heavy atom. The fourth-order valence-corrected chi connectivity index (χ4v) is 3.01. The largest absolute Gasteiger partial charge is 0.313 e. The highest BCUT2D eigenvalue weighted by molar-refractivity contribution is 9.10. The minimum atomic E-state index is 0.180. The molecule has 0 aromatic carbocycles. The molecule has 0 aliphatic rings. The minimum absolute atomic E-state index is 0.180. The van der Waals surface area contributed by atoms with Gasteiger partial charge in [0, 0.05) is 37.0 Å². The van der Waals surface area contributed by atoms with E-state index in [4.69, 9.17) is 0 Å². The van der Waals surface area contributed by atoms with Crippen LogP contribution in [0.1, 0.15) is 36.8 Å². The lowest BCUT2D eigenvalue weighted by atomic mass is 10.0. The molecule has 2 rings (SSSR count). The monoisotopic (exact) mass is 337 g/mol. The van der Waals surface area contributed by atoms with E-state index in [-0.39, 0.29) is 6.04 Å². The number of hydrogen-bond donors (Lipinski definition) is 1. The summed E-state index contributed by atoms with van der Waals surface area (Å²) >= 11 is 3.69. The van der Waals surface area contributed by atoms with Crippen molar-refractivity contribution in [3.63, 3.8) is 0 Å². The van der Waals surface area contributed by atoms with Gasteiger partial charge in [-0.05, 0) is 36.3 Å². The van der Waals surface area contributed by atoms with Gasteiger partial charge in [0.2, 0.25) is 0 Å². The van der Waals surface area contributed by atoms with Crippen molar-refractivity contribution in [3.8, 4) is 0 Å². The molecule has 1 atom stereocenters. The van der Waals surface area contributed by atoms with Crippen LogP contribution in [-0.4, -0.2) is 26.8 Å². The van der Waals surface area contributed by atoms with Crippen molar-refractivity contribution in [2.45, 2.75) is 39.3 Å². The number of nitrogens with zero attached hydrogens (tertiary/aromatic N) is 4. The average molecular weight is 338 g/mol. The van der Waals surface area contributed by atoms with Gasteiger partial charge in [-0.25, -0.2) is 9.97 Å². The van der Waals surface area contributed by atoms with Crippen LogP contribution in [0.5, 0.6) is 0 Å². The predicted octanol–water partition coefficient (Wildman–Crippen LogP) is 2.52. The third-order valence-corrected chi connectivity index (χ3v) is 4.34. The summed E-state index contributed by atoms with van der Waals surface area (Å²) < 4.78 is 3.19. The summed E-state index contributed by atoms with van der Waals surface area (Å²) in [5.41, 5.74) is 3.41. The van der Waals surface area contributed by atoms with Gasteiger partial charge < -0.3 is 5.32 Å². The van der Waals surface area contributed by atoms with Crippen LogP contribution >= 0.6 is 15.9 Å². The van der Waals surface area contributed by atoms with Gasteiger partial charge in [-0.15, -0.1) is 0 Å². The topological polar surface area (TPSA) is 55.6 Å². The average Bonchev–Trinajstić information content (AvgIpc) is 2.81. The van der Waals surface area contributed by atoms with E-state index in [1.165, 1.54) is 5.69 Å². The van der Waals surface area contributed by atoms with Crippen LogP contribution in [0.25, 0.3) is 0 Å². The Hall–Kier alpha value is -1.27. The molecule has 5 nitrogen and oxygen atoms in total. The molecular weight excluding hydrogens is 318 g/mol. The molecule has 0 spiro atoms. The first-order valence-electron chi connectivity index (χ1n) is 6.87. The molecule has 0 saturated heterocycles. The first-order valence-corrected chi connectivity index (χ1v) is 7.66. The number of likely N-dealkylation sites (N-methyl/N-ethyl adjacent to an activating group) is 1. The maximum absolute atomic E-state index is 4.64. The molecule has 20 heavy (non-hydrogen) atoms. The zero-order valence-corrected chi connectivity index (χ0v) is 13.7. The Balaban J connectivity index is 2.30. The molecular formula is C14H20BrN5. The lowest BCUT2D eigenvalue weighted by Gasteiger charge is -2.16. The number of halogens is 1. The molecule has 1 N–H and O–H groups in total. The summed E-state index contributed by atoms with van der Waals surface area (Å²) in [6, 6.07) is 0.180. The van der Waals surface area contributed by atoms with Crippen molar-refractivity contribution in [1.82, 2.24) is 25.1 Å². The van der Waals surface area contributed by atoms with E-state index in [2.05, 4.69) is 54.8 Å². The Morgan fingerprint density at radius 3 is 2.55 bits per heavy atom. The lowest BCUT2D eigenvalue weighted by molar-refractivity contribution is 0.537. The molecule has 1 unspecified atom stereocenters. The molecule has 0 saturated carbocycles. The second-order valence-corrected chi connectivity index (χ2v) is 5.39. The summed E-state index contributed by atoms with van der Waals surface area (Å²) in [5.74, 6) is 0. The second kappa shape index (κ2) is 6.95. The molecule has 6 heteroatoms. The highest BCUT2D eigenvalue weighted by Gasteiger charge is 2.19. The fraction of sp³-hybridized carbons (Fsp3) is 0.500. The van der Waals surface area contributed by atoms with Crippen LogP contribution < -0.4 is 5.32 Å². The van der Waals surface area contributed by atoms with Crippen molar-refractivity contribution in [1.29, 1.82) is 0 Å². The molecule has 0 aliphatic carbocycles. The van der Waals surface area contributed by atoms with Crippen LogP contribution in [-0.2, 0) is 19.4 Å². The van der Waals surface area contributed by atoms with E-state index in [1.807, 2.05) is 19.4 Å². The third-order valence-electron chi connectivity index (χ3n) is 3.42. The summed E-state index contributed by atoms with van der Waals surface area (Å²) in [5, 5.41) is 7.97. The summed E-state index contributed by atoms with van der Waals surface area (Å²) in [6.45, 7) is 5.11. The number of rotatable bonds is 6.